The molecule has 6 rings (SSSR count). The summed E-state index contributed by atoms with van der Waals surface area (Å²) < 4.78 is 28.3. The zero-order valence-corrected chi connectivity index (χ0v) is 16.8. The first-order chi connectivity index (χ1) is 13.6. The fraction of sp³-hybridized carbons (Fsp3) is 0.500. The van der Waals surface area contributed by atoms with Crippen LogP contribution in [0.15, 0.2) is 47.4 Å². The van der Waals surface area contributed by atoms with Crippen LogP contribution in [-0.4, -0.2) is 48.7 Å². The quantitative estimate of drug-likeness (QED) is 0.796. The normalized spacial score (nSPS) is 26.2. The molecule has 4 aliphatic rings. The second-order valence-corrected chi connectivity index (χ2v) is 10.3. The van der Waals surface area contributed by atoms with E-state index in [9.17, 15) is 13.2 Å². The van der Waals surface area contributed by atoms with E-state index in [1.807, 2.05) is 35.2 Å². The number of fused-ring (bicyclic) bond motifs is 3. The van der Waals surface area contributed by atoms with Crippen molar-refractivity contribution in [1.82, 2.24) is 9.21 Å². The fourth-order valence-corrected chi connectivity index (χ4v) is 6.98. The third-order valence-electron chi connectivity index (χ3n) is 6.74. The van der Waals surface area contributed by atoms with Gasteiger partial charge in [0.2, 0.25) is 15.9 Å². The van der Waals surface area contributed by atoms with E-state index in [-0.39, 0.29) is 23.9 Å². The molecular formula is C22H26N2O3S. The van der Waals surface area contributed by atoms with E-state index in [1.54, 1.807) is 16.4 Å². The summed E-state index contributed by atoms with van der Waals surface area (Å²) in [5.74, 6) is 0.420. The third kappa shape index (κ3) is 2.85. The monoisotopic (exact) mass is 398 g/mol. The summed E-state index contributed by atoms with van der Waals surface area (Å²) in [4.78, 5) is 15.3. The Balaban J connectivity index is 1.37. The van der Waals surface area contributed by atoms with Gasteiger partial charge in [0.25, 0.3) is 0 Å². The van der Waals surface area contributed by atoms with Gasteiger partial charge in [-0.1, -0.05) is 55.7 Å². The molecule has 2 aromatic carbocycles. The minimum Gasteiger partial charge on any atom is -0.334 e. The van der Waals surface area contributed by atoms with E-state index < -0.39 is 10.0 Å². The molecule has 0 spiro atoms. The van der Waals surface area contributed by atoms with Crippen LogP contribution in [0, 0.1) is 5.92 Å². The number of rotatable bonds is 3. The maximum Gasteiger partial charge on any atom is 0.243 e. The van der Waals surface area contributed by atoms with Gasteiger partial charge in [-0.05, 0) is 30.7 Å². The molecule has 2 atom stereocenters. The number of sulfonamides is 1. The Morgan fingerprint density at radius 3 is 2.32 bits per heavy atom. The van der Waals surface area contributed by atoms with Crippen LogP contribution < -0.4 is 0 Å². The molecule has 1 saturated carbocycles. The summed E-state index contributed by atoms with van der Waals surface area (Å²) in [5.41, 5.74) is 0. The molecule has 2 bridgehead atoms. The van der Waals surface area contributed by atoms with Crippen molar-refractivity contribution in [2.45, 2.75) is 55.5 Å². The van der Waals surface area contributed by atoms with Crippen molar-refractivity contribution in [3.05, 3.63) is 42.5 Å². The molecule has 6 heteroatoms. The molecule has 0 radical (unpaired) electrons. The Morgan fingerprint density at radius 2 is 1.57 bits per heavy atom. The van der Waals surface area contributed by atoms with E-state index in [4.69, 9.17) is 0 Å². The first-order valence-corrected chi connectivity index (χ1v) is 11.8. The maximum absolute atomic E-state index is 13.4. The number of carbonyl (C=O) groups excluding carboxylic acids is 1. The average Bonchev–Trinajstić information content (AvgIpc) is 2.74. The lowest BCUT2D eigenvalue weighted by Crippen LogP contribution is -2.71. The molecule has 28 heavy (non-hydrogen) atoms. The number of piperidine rings is 1. The molecule has 2 aromatic rings. The number of hydrogen-bond acceptors (Lipinski definition) is 3. The number of piperazine rings is 1. The van der Waals surface area contributed by atoms with Crippen molar-refractivity contribution in [2.24, 2.45) is 5.92 Å². The van der Waals surface area contributed by atoms with Crippen molar-refractivity contribution >= 4 is 26.7 Å². The lowest BCUT2D eigenvalue weighted by Gasteiger charge is -2.56. The van der Waals surface area contributed by atoms with Crippen molar-refractivity contribution in [2.75, 3.05) is 13.1 Å². The zero-order chi connectivity index (χ0) is 19.3. The average molecular weight is 399 g/mol. The van der Waals surface area contributed by atoms with Gasteiger partial charge >= 0.3 is 0 Å². The molecule has 0 aromatic heterocycles. The van der Waals surface area contributed by atoms with E-state index in [2.05, 4.69) is 0 Å². The lowest BCUT2D eigenvalue weighted by atomic mass is 9.83. The van der Waals surface area contributed by atoms with Crippen molar-refractivity contribution < 1.29 is 13.2 Å². The summed E-state index contributed by atoms with van der Waals surface area (Å²) in [6.45, 7) is 0.834. The Labute approximate surface area is 166 Å². The van der Waals surface area contributed by atoms with Gasteiger partial charge < -0.3 is 4.90 Å². The van der Waals surface area contributed by atoms with Gasteiger partial charge in [0.05, 0.1) is 4.90 Å². The van der Waals surface area contributed by atoms with Crippen molar-refractivity contribution in [1.29, 1.82) is 0 Å². The molecule has 2 unspecified atom stereocenters. The molecule has 5 nitrogen and oxygen atoms in total. The fourth-order valence-electron chi connectivity index (χ4n) is 5.25. The molecular weight excluding hydrogens is 372 g/mol. The van der Waals surface area contributed by atoms with E-state index >= 15 is 0 Å². The number of nitrogens with zero attached hydrogens (tertiary/aromatic N) is 2. The standard InChI is InChI=1S/C22H26N2O3S/c25-22(17-8-2-1-3-9-17)24-18-13-19(24)15-23(14-18)28(26,27)21-12-6-10-16-7-4-5-11-20(16)21/h4-7,10-12,17-19H,1-3,8-9,13-15H2. The van der Waals surface area contributed by atoms with Crippen LogP contribution in [0.1, 0.15) is 38.5 Å². The maximum atomic E-state index is 13.4. The smallest absolute Gasteiger partial charge is 0.243 e. The van der Waals surface area contributed by atoms with Gasteiger partial charge in [-0.3, -0.25) is 4.79 Å². The lowest BCUT2D eigenvalue weighted by molar-refractivity contribution is -0.156. The predicted octanol–water partition coefficient (Wildman–Crippen LogP) is 3.39. The third-order valence-corrected chi connectivity index (χ3v) is 8.63. The Hall–Kier alpha value is -1.92. The molecule has 1 amide bonds. The molecule has 3 saturated heterocycles. The summed E-state index contributed by atoms with van der Waals surface area (Å²) in [7, 11) is -3.57. The number of carbonyl (C=O) groups is 1. The van der Waals surface area contributed by atoms with Gasteiger partial charge in [-0.25, -0.2) is 8.42 Å². The highest BCUT2D eigenvalue weighted by molar-refractivity contribution is 7.89. The van der Waals surface area contributed by atoms with Crippen LogP contribution in [0.2, 0.25) is 0 Å². The molecule has 3 heterocycles. The van der Waals surface area contributed by atoms with Gasteiger partial charge in [-0.15, -0.1) is 0 Å². The van der Waals surface area contributed by atoms with Crippen LogP contribution in [0.3, 0.4) is 0 Å². The number of amides is 1. The van der Waals surface area contributed by atoms with E-state index in [1.165, 1.54) is 6.42 Å². The molecule has 4 fully saturated rings. The van der Waals surface area contributed by atoms with Crippen LogP contribution in [-0.2, 0) is 14.8 Å². The zero-order valence-electron chi connectivity index (χ0n) is 16.0. The van der Waals surface area contributed by atoms with Crippen LogP contribution in [0.25, 0.3) is 10.8 Å². The van der Waals surface area contributed by atoms with E-state index in [0.717, 1.165) is 42.9 Å². The first kappa shape index (κ1) is 18.1. The van der Waals surface area contributed by atoms with Crippen molar-refractivity contribution in [3.8, 4) is 0 Å². The largest absolute Gasteiger partial charge is 0.334 e. The summed E-state index contributed by atoms with van der Waals surface area (Å²) in [6.07, 6.45) is 6.43. The highest BCUT2D eigenvalue weighted by Crippen LogP contribution is 2.39. The van der Waals surface area contributed by atoms with Crippen LogP contribution in [0.4, 0.5) is 0 Å². The van der Waals surface area contributed by atoms with Gasteiger partial charge in [0.15, 0.2) is 0 Å². The number of benzene rings is 2. The van der Waals surface area contributed by atoms with Crippen LogP contribution >= 0.6 is 0 Å². The topological polar surface area (TPSA) is 57.7 Å². The summed E-state index contributed by atoms with van der Waals surface area (Å²) >= 11 is 0. The highest BCUT2D eigenvalue weighted by Gasteiger charge is 2.51. The second-order valence-electron chi connectivity index (χ2n) is 8.42. The number of hydrogen-bond donors (Lipinski definition) is 0. The molecule has 3 aliphatic heterocycles. The van der Waals surface area contributed by atoms with Crippen LogP contribution in [0.5, 0.6) is 0 Å². The second kappa shape index (κ2) is 6.85. The SMILES string of the molecule is O=C(C1CCCCC1)N1C2CC1CN(S(=O)(=O)c1cccc3ccccc13)C2. The van der Waals surface area contributed by atoms with Gasteiger partial charge in [0, 0.05) is 36.5 Å². The predicted molar refractivity (Wildman–Crippen MR) is 108 cm³/mol. The van der Waals surface area contributed by atoms with Gasteiger partial charge in [-0.2, -0.15) is 4.31 Å². The summed E-state index contributed by atoms with van der Waals surface area (Å²) in [6, 6.07) is 13.1. The minimum atomic E-state index is -3.57. The Morgan fingerprint density at radius 1 is 0.893 bits per heavy atom. The first-order valence-electron chi connectivity index (χ1n) is 10.4. The van der Waals surface area contributed by atoms with Crippen molar-refractivity contribution in [3.63, 3.8) is 0 Å². The molecule has 0 N–H and O–H groups in total. The summed E-state index contributed by atoms with van der Waals surface area (Å²) in [5, 5.41) is 1.69. The van der Waals surface area contributed by atoms with Gasteiger partial charge in [0.1, 0.15) is 0 Å². The minimum absolute atomic E-state index is 0.0397. The van der Waals surface area contributed by atoms with E-state index in [0.29, 0.717) is 18.0 Å². The highest BCUT2D eigenvalue weighted by atomic mass is 32.2. The Bertz CT molecular complexity index is 996. The molecule has 148 valence electrons. The molecule has 1 aliphatic carbocycles. The Kier molecular flexibility index (Phi) is 4.43.